The van der Waals surface area contributed by atoms with Gasteiger partial charge in [0.05, 0.1) is 5.69 Å². The van der Waals surface area contributed by atoms with E-state index in [4.69, 9.17) is 0 Å². The number of halogens is 1. The lowest BCUT2D eigenvalue weighted by Crippen LogP contribution is -2.15. The predicted octanol–water partition coefficient (Wildman–Crippen LogP) is 2.24. The summed E-state index contributed by atoms with van der Waals surface area (Å²) < 4.78 is 2.59. The van der Waals surface area contributed by atoms with Crippen molar-refractivity contribution in [2.75, 3.05) is 0 Å². The molecule has 0 unspecified atom stereocenters. The zero-order valence-electron chi connectivity index (χ0n) is 7.62. The summed E-state index contributed by atoms with van der Waals surface area (Å²) in [5.41, 5.74) is 1.65. The van der Waals surface area contributed by atoms with Crippen molar-refractivity contribution in [1.29, 1.82) is 0 Å². The Morgan fingerprint density at radius 2 is 2.21 bits per heavy atom. The Hall–Kier alpha value is -1.29. The van der Waals surface area contributed by atoms with E-state index in [2.05, 4.69) is 20.9 Å². The highest BCUT2D eigenvalue weighted by molar-refractivity contribution is 9.10. The summed E-state index contributed by atoms with van der Waals surface area (Å²) >= 11 is 3.37. The molecule has 0 aliphatic rings. The lowest BCUT2D eigenvalue weighted by atomic mass is 10.3. The van der Waals surface area contributed by atoms with Crippen LogP contribution in [0.15, 0.2) is 39.7 Å². The van der Waals surface area contributed by atoms with E-state index in [9.17, 15) is 4.79 Å². The number of aromatic amines is 1. The Morgan fingerprint density at radius 3 is 2.79 bits per heavy atom. The quantitative estimate of drug-likeness (QED) is 0.831. The van der Waals surface area contributed by atoms with Gasteiger partial charge >= 0.3 is 5.69 Å². The van der Waals surface area contributed by atoms with E-state index in [0.717, 1.165) is 15.9 Å². The van der Waals surface area contributed by atoms with Gasteiger partial charge in [-0.25, -0.2) is 4.79 Å². The largest absolute Gasteiger partial charge is 0.330 e. The molecule has 1 heterocycles. The number of rotatable bonds is 1. The lowest BCUT2D eigenvalue weighted by molar-refractivity contribution is 0.948. The van der Waals surface area contributed by atoms with E-state index in [1.807, 2.05) is 31.2 Å². The van der Waals surface area contributed by atoms with Crippen molar-refractivity contribution in [2.24, 2.45) is 0 Å². The van der Waals surface area contributed by atoms with Crippen molar-refractivity contribution in [2.45, 2.75) is 6.92 Å². The highest BCUT2D eigenvalue weighted by Gasteiger charge is 2.03. The Labute approximate surface area is 89.5 Å². The summed E-state index contributed by atoms with van der Waals surface area (Å²) in [6, 6.07) is 7.63. The third-order valence-corrected chi connectivity index (χ3v) is 2.52. The van der Waals surface area contributed by atoms with Crippen molar-refractivity contribution in [3.63, 3.8) is 0 Å². The van der Waals surface area contributed by atoms with Crippen LogP contribution in [0, 0.1) is 6.92 Å². The number of imidazole rings is 1. The number of benzene rings is 1. The van der Waals surface area contributed by atoms with Crippen molar-refractivity contribution in [3.8, 4) is 5.69 Å². The molecule has 4 heteroatoms. The number of aryl methyl sites for hydroxylation is 1. The van der Waals surface area contributed by atoms with Gasteiger partial charge in [-0.15, -0.1) is 0 Å². The third kappa shape index (κ3) is 1.53. The molecular formula is C10H9BrN2O. The monoisotopic (exact) mass is 252 g/mol. The molecule has 0 spiro atoms. The Balaban J connectivity index is 2.66. The van der Waals surface area contributed by atoms with Gasteiger partial charge in [-0.2, -0.15) is 0 Å². The van der Waals surface area contributed by atoms with Gasteiger partial charge in [0.15, 0.2) is 0 Å². The highest BCUT2D eigenvalue weighted by Crippen LogP contribution is 2.14. The second-order valence-electron chi connectivity index (χ2n) is 3.05. The molecule has 0 saturated carbocycles. The van der Waals surface area contributed by atoms with Gasteiger partial charge in [-0.3, -0.25) is 4.57 Å². The van der Waals surface area contributed by atoms with Gasteiger partial charge in [0.1, 0.15) is 0 Å². The molecule has 1 aromatic heterocycles. The maximum Gasteiger partial charge on any atom is 0.330 e. The minimum Gasteiger partial charge on any atom is -0.312 e. The van der Waals surface area contributed by atoms with Crippen LogP contribution in [0.2, 0.25) is 0 Å². The SMILES string of the molecule is Cc1c[nH]c(=O)n1-c1cccc(Br)c1. The van der Waals surface area contributed by atoms with Crippen LogP contribution in [0.1, 0.15) is 5.69 Å². The van der Waals surface area contributed by atoms with Crippen molar-refractivity contribution in [1.82, 2.24) is 9.55 Å². The number of hydrogen-bond acceptors (Lipinski definition) is 1. The maximum absolute atomic E-state index is 11.4. The molecule has 72 valence electrons. The van der Waals surface area contributed by atoms with Crippen LogP contribution in [0.5, 0.6) is 0 Å². The number of nitrogens with one attached hydrogen (secondary N) is 1. The third-order valence-electron chi connectivity index (χ3n) is 2.03. The summed E-state index contributed by atoms with van der Waals surface area (Å²) in [5, 5.41) is 0. The second kappa shape index (κ2) is 3.46. The van der Waals surface area contributed by atoms with E-state index >= 15 is 0 Å². The molecule has 0 aliphatic heterocycles. The van der Waals surface area contributed by atoms with Gasteiger partial charge in [-0.1, -0.05) is 22.0 Å². The van der Waals surface area contributed by atoms with Crippen LogP contribution < -0.4 is 5.69 Å². The van der Waals surface area contributed by atoms with Crippen molar-refractivity contribution >= 4 is 15.9 Å². The zero-order chi connectivity index (χ0) is 10.1. The Bertz CT molecular complexity index is 513. The molecule has 0 saturated heterocycles. The summed E-state index contributed by atoms with van der Waals surface area (Å²) in [6.45, 7) is 1.89. The molecule has 0 atom stereocenters. The van der Waals surface area contributed by atoms with E-state index in [0.29, 0.717) is 0 Å². The van der Waals surface area contributed by atoms with Gasteiger partial charge in [0.25, 0.3) is 0 Å². The number of hydrogen-bond donors (Lipinski definition) is 1. The smallest absolute Gasteiger partial charge is 0.312 e. The van der Waals surface area contributed by atoms with Crippen LogP contribution in [0.25, 0.3) is 5.69 Å². The molecule has 1 aromatic carbocycles. The first-order valence-corrected chi connectivity index (χ1v) is 5.01. The normalized spacial score (nSPS) is 10.4. The highest BCUT2D eigenvalue weighted by atomic mass is 79.9. The van der Waals surface area contributed by atoms with Crippen LogP contribution >= 0.6 is 15.9 Å². The number of nitrogens with zero attached hydrogens (tertiary/aromatic N) is 1. The van der Waals surface area contributed by atoms with Crippen molar-refractivity contribution < 1.29 is 0 Å². The first kappa shape index (κ1) is 9.27. The Morgan fingerprint density at radius 1 is 1.43 bits per heavy atom. The second-order valence-corrected chi connectivity index (χ2v) is 3.97. The molecule has 3 nitrogen and oxygen atoms in total. The molecule has 2 rings (SSSR count). The van der Waals surface area contributed by atoms with E-state index < -0.39 is 0 Å². The molecule has 2 aromatic rings. The molecule has 1 N–H and O–H groups in total. The predicted molar refractivity (Wildman–Crippen MR) is 58.8 cm³/mol. The fourth-order valence-electron chi connectivity index (χ4n) is 1.39. The molecule has 0 fully saturated rings. The van der Waals surface area contributed by atoms with Crippen LogP contribution in [-0.4, -0.2) is 9.55 Å². The average Bonchev–Trinajstić information content (AvgIpc) is 2.46. The summed E-state index contributed by atoms with van der Waals surface area (Å²) in [4.78, 5) is 14.1. The zero-order valence-corrected chi connectivity index (χ0v) is 9.21. The summed E-state index contributed by atoms with van der Waals surface area (Å²) in [5.74, 6) is 0. The molecule has 0 aliphatic carbocycles. The standard InChI is InChI=1S/C10H9BrN2O/c1-7-6-12-10(14)13(7)9-4-2-3-8(11)5-9/h2-6H,1H3,(H,12,14). The fourth-order valence-corrected chi connectivity index (χ4v) is 1.78. The molecule has 0 radical (unpaired) electrons. The summed E-state index contributed by atoms with van der Waals surface area (Å²) in [6.07, 6.45) is 1.70. The minimum atomic E-state index is -0.111. The molecule has 0 bridgehead atoms. The molecule has 0 amide bonds. The van der Waals surface area contributed by atoms with Gasteiger partial charge in [0.2, 0.25) is 0 Å². The van der Waals surface area contributed by atoms with Crippen LogP contribution in [-0.2, 0) is 0 Å². The molecule has 14 heavy (non-hydrogen) atoms. The Kier molecular flexibility index (Phi) is 2.29. The lowest BCUT2D eigenvalue weighted by Gasteiger charge is -2.03. The molecular weight excluding hydrogens is 244 g/mol. The van der Waals surface area contributed by atoms with E-state index in [-0.39, 0.29) is 5.69 Å². The maximum atomic E-state index is 11.4. The van der Waals surface area contributed by atoms with Gasteiger partial charge < -0.3 is 4.98 Å². The number of H-pyrrole nitrogens is 1. The van der Waals surface area contributed by atoms with Crippen LogP contribution in [0.4, 0.5) is 0 Å². The van der Waals surface area contributed by atoms with Crippen LogP contribution in [0.3, 0.4) is 0 Å². The topological polar surface area (TPSA) is 37.8 Å². The van der Waals surface area contributed by atoms with E-state index in [1.54, 1.807) is 10.8 Å². The van der Waals surface area contributed by atoms with Crippen molar-refractivity contribution in [3.05, 3.63) is 51.1 Å². The van der Waals surface area contributed by atoms with E-state index in [1.165, 1.54) is 0 Å². The van der Waals surface area contributed by atoms with Gasteiger partial charge in [-0.05, 0) is 25.1 Å². The first-order chi connectivity index (χ1) is 6.68. The minimum absolute atomic E-state index is 0.111. The summed E-state index contributed by atoms with van der Waals surface area (Å²) in [7, 11) is 0. The van der Waals surface area contributed by atoms with Gasteiger partial charge in [0, 0.05) is 16.4 Å². The fraction of sp³-hybridized carbons (Fsp3) is 0.100. The number of aromatic nitrogens is 2. The first-order valence-electron chi connectivity index (χ1n) is 4.21. The average molecular weight is 253 g/mol.